The standard InChI is InChI=1S/C21H24FN3O2/c1-4-10-25(13-27-3)19-9-8-15(11-17(19)22)23-12-16-20-14(2)6-5-7-18(20)24-21(16)26/h5-9,11-12,24,26H,4,10,13H2,1-3H3. The Morgan fingerprint density at radius 3 is 2.81 bits per heavy atom. The number of hydrogen-bond donors (Lipinski definition) is 2. The molecule has 3 aromatic rings. The van der Waals surface area contributed by atoms with Crippen molar-refractivity contribution >= 4 is 28.5 Å². The Labute approximate surface area is 158 Å². The molecule has 0 aliphatic heterocycles. The lowest BCUT2D eigenvalue weighted by molar-refractivity contribution is 0.196. The molecule has 0 bridgehead atoms. The van der Waals surface area contributed by atoms with Gasteiger partial charge in [-0.1, -0.05) is 19.1 Å². The minimum Gasteiger partial charge on any atom is -0.494 e. The maximum atomic E-state index is 14.6. The highest BCUT2D eigenvalue weighted by molar-refractivity contribution is 6.04. The van der Waals surface area contributed by atoms with Crippen molar-refractivity contribution in [3.05, 3.63) is 53.3 Å². The van der Waals surface area contributed by atoms with E-state index >= 15 is 0 Å². The minimum atomic E-state index is -0.352. The molecule has 27 heavy (non-hydrogen) atoms. The molecule has 2 aromatic carbocycles. The van der Waals surface area contributed by atoms with Gasteiger partial charge in [-0.3, -0.25) is 4.99 Å². The molecule has 0 fully saturated rings. The summed E-state index contributed by atoms with van der Waals surface area (Å²) < 4.78 is 19.7. The Kier molecular flexibility index (Phi) is 5.76. The van der Waals surface area contributed by atoms with E-state index in [0.29, 0.717) is 30.2 Å². The van der Waals surface area contributed by atoms with Crippen molar-refractivity contribution < 1.29 is 14.2 Å². The molecule has 0 saturated carbocycles. The van der Waals surface area contributed by atoms with Gasteiger partial charge in [-0.15, -0.1) is 0 Å². The number of ether oxygens (including phenoxy) is 1. The predicted molar refractivity (Wildman–Crippen MR) is 108 cm³/mol. The molecular weight excluding hydrogens is 345 g/mol. The molecule has 0 aliphatic carbocycles. The minimum absolute atomic E-state index is 0.0503. The van der Waals surface area contributed by atoms with E-state index in [4.69, 9.17) is 4.74 Å². The molecule has 1 aromatic heterocycles. The van der Waals surface area contributed by atoms with E-state index in [1.165, 1.54) is 6.07 Å². The van der Waals surface area contributed by atoms with Crippen LogP contribution in [0.4, 0.5) is 15.8 Å². The summed E-state index contributed by atoms with van der Waals surface area (Å²) in [6.45, 7) is 5.04. The van der Waals surface area contributed by atoms with Crippen LogP contribution in [-0.2, 0) is 4.74 Å². The van der Waals surface area contributed by atoms with E-state index in [2.05, 4.69) is 9.98 Å². The van der Waals surface area contributed by atoms with E-state index in [1.54, 1.807) is 25.5 Å². The number of aromatic hydroxyl groups is 1. The third kappa shape index (κ3) is 3.95. The van der Waals surface area contributed by atoms with Crippen LogP contribution in [-0.4, -0.2) is 36.7 Å². The van der Waals surface area contributed by atoms with Crippen LogP contribution in [0.2, 0.25) is 0 Å². The Bertz CT molecular complexity index is 959. The van der Waals surface area contributed by atoms with Crippen molar-refractivity contribution in [1.29, 1.82) is 0 Å². The van der Waals surface area contributed by atoms with Crippen LogP contribution >= 0.6 is 0 Å². The summed E-state index contributed by atoms with van der Waals surface area (Å²) in [6, 6.07) is 10.6. The Balaban J connectivity index is 1.91. The van der Waals surface area contributed by atoms with Crippen molar-refractivity contribution in [2.75, 3.05) is 25.3 Å². The number of fused-ring (bicyclic) bond motifs is 1. The number of anilines is 1. The third-order valence-corrected chi connectivity index (χ3v) is 4.44. The maximum Gasteiger partial charge on any atom is 0.198 e. The number of H-pyrrole nitrogens is 1. The van der Waals surface area contributed by atoms with E-state index in [1.807, 2.05) is 36.9 Å². The third-order valence-electron chi connectivity index (χ3n) is 4.44. The highest BCUT2D eigenvalue weighted by atomic mass is 19.1. The summed E-state index contributed by atoms with van der Waals surface area (Å²) >= 11 is 0. The Morgan fingerprint density at radius 1 is 1.30 bits per heavy atom. The predicted octanol–water partition coefficient (Wildman–Crippen LogP) is 4.89. The van der Waals surface area contributed by atoms with Gasteiger partial charge in [0.25, 0.3) is 0 Å². The van der Waals surface area contributed by atoms with Gasteiger partial charge >= 0.3 is 0 Å². The fourth-order valence-electron chi connectivity index (χ4n) is 3.22. The highest BCUT2D eigenvalue weighted by Gasteiger charge is 2.13. The van der Waals surface area contributed by atoms with Gasteiger partial charge in [0.2, 0.25) is 0 Å². The number of rotatable bonds is 7. The van der Waals surface area contributed by atoms with Crippen molar-refractivity contribution in [3.8, 4) is 5.88 Å². The van der Waals surface area contributed by atoms with Crippen LogP contribution in [0.25, 0.3) is 10.9 Å². The van der Waals surface area contributed by atoms with Crippen molar-refractivity contribution in [2.24, 2.45) is 4.99 Å². The zero-order chi connectivity index (χ0) is 19.4. The lowest BCUT2D eigenvalue weighted by Crippen LogP contribution is -2.27. The summed E-state index contributed by atoms with van der Waals surface area (Å²) in [4.78, 5) is 9.14. The molecule has 2 N–H and O–H groups in total. The molecule has 0 unspecified atom stereocenters. The number of aryl methyl sites for hydroxylation is 1. The number of aromatic nitrogens is 1. The first-order valence-corrected chi connectivity index (χ1v) is 8.93. The van der Waals surface area contributed by atoms with Gasteiger partial charge in [-0.05, 0) is 37.1 Å². The van der Waals surface area contributed by atoms with Gasteiger partial charge < -0.3 is 19.7 Å². The summed E-state index contributed by atoms with van der Waals surface area (Å²) in [6.07, 6.45) is 2.45. The molecule has 1 heterocycles. The molecule has 3 rings (SSSR count). The monoisotopic (exact) mass is 369 g/mol. The van der Waals surface area contributed by atoms with Crippen molar-refractivity contribution in [1.82, 2.24) is 4.98 Å². The largest absolute Gasteiger partial charge is 0.494 e. The van der Waals surface area contributed by atoms with Gasteiger partial charge in [0, 0.05) is 36.8 Å². The number of aliphatic imine (C=N–C) groups is 1. The highest BCUT2D eigenvalue weighted by Crippen LogP contribution is 2.29. The van der Waals surface area contributed by atoms with E-state index < -0.39 is 0 Å². The van der Waals surface area contributed by atoms with Crippen LogP contribution in [0.15, 0.2) is 41.4 Å². The van der Waals surface area contributed by atoms with Crippen LogP contribution < -0.4 is 4.90 Å². The Hall–Kier alpha value is -2.86. The van der Waals surface area contributed by atoms with Gasteiger partial charge in [0.15, 0.2) is 5.88 Å². The van der Waals surface area contributed by atoms with Gasteiger partial charge in [-0.2, -0.15) is 0 Å². The molecule has 5 nitrogen and oxygen atoms in total. The smallest absolute Gasteiger partial charge is 0.198 e. The van der Waals surface area contributed by atoms with Crippen molar-refractivity contribution in [3.63, 3.8) is 0 Å². The molecule has 0 saturated heterocycles. The first kappa shape index (κ1) is 18.9. The second-order valence-corrected chi connectivity index (χ2v) is 6.46. The molecular formula is C21H24FN3O2. The molecule has 0 amide bonds. The normalized spacial score (nSPS) is 11.6. The number of hydrogen-bond acceptors (Lipinski definition) is 4. The van der Waals surface area contributed by atoms with E-state index in [0.717, 1.165) is 22.9 Å². The SMILES string of the molecule is CCCN(COC)c1ccc(N=Cc2c(O)[nH]c3cccc(C)c23)cc1F. The maximum absolute atomic E-state index is 14.6. The van der Waals surface area contributed by atoms with Crippen LogP contribution in [0.3, 0.4) is 0 Å². The first-order valence-electron chi connectivity index (χ1n) is 8.93. The number of aromatic amines is 1. The second-order valence-electron chi connectivity index (χ2n) is 6.46. The van der Waals surface area contributed by atoms with Crippen LogP contribution in [0, 0.1) is 12.7 Å². The quantitative estimate of drug-likeness (QED) is 0.460. The zero-order valence-corrected chi connectivity index (χ0v) is 15.8. The molecule has 142 valence electrons. The molecule has 0 aliphatic rings. The molecule has 0 spiro atoms. The van der Waals surface area contributed by atoms with Gasteiger partial charge in [-0.25, -0.2) is 4.39 Å². The first-order chi connectivity index (χ1) is 13.0. The van der Waals surface area contributed by atoms with Gasteiger partial charge in [0.1, 0.15) is 12.5 Å². The number of benzene rings is 2. The number of halogens is 1. The summed E-state index contributed by atoms with van der Waals surface area (Å²) in [5, 5.41) is 11.1. The fourth-order valence-corrected chi connectivity index (χ4v) is 3.22. The summed E-state index contributed by atoms with van der Waals surface area (Å²) in [5.41, 5.74) is 3.43. The van der Waals surface area contributed by atoms with E-state index in [9.17, 15) is 9.50 Å². The topological polar surface area (TPSA) is 60.9 Å². The summed E-state index contributed by atoms with van der Waals surface area (Å²) in [7, 11) is 1.59. The molecule has 0 atom stereocenters. The lowest BCUT2D eigenvalue weighted by atomic mass is 10.1. The van der Waals surface area contributed by atoms with E-state index in [-0.39, 0.29) is 11.7 Å². The van der Waals surface area contributed by atoms with Crippen LogP contribution in [0.1, 0.15) is 24.5 Å². The number of nitrogens with zero attached hydrogens (tertiary/aromatic N) is 2. The number of methoxy groups -OCH3 is 1. The zero-order valence-electron chi connectivity index (χ0n) is 15.8. The molecule has 0 radical (unpaired) electrons. The van der Waals surface area contributed by atoms with Crippen molar-refractivity contribution in [2.45, 2.75) is 20.3 Å². The second kappa shape index (κ2) is 8.22. The average Bonchev–Trinajstić information content (AvgIpc) is 2.96. The fraction of sp³-hybridized carbons (Fsp3) is 0.286. The number of nitrogens with one attached hydrogen (secondary N) is 1. The van der Waals surface area contributed by atoms with Gasteiger partial charge in [0.05, 0.1) is 16.9 Å². The average molecular weight is 369 g/mol. The van der Waals surface area contributed by atoms with Crippen LogP contribution in [0.5, 0.6) is 5.88 Å². The lowest BCUT2D eigenvalue weighted by Gasteiger charge is -2.23. The molecule has 6 heteroatoms. The Morgan fingerprint density at radius 2 is 2.11 bits per heavy atom. The summed E-state index contributed by atoms with van der Waals surface area (Å²) in [5.74, 6) is -0.302.